The number of benzene rings is 1. The number of aromatic nitrogens is 3. The molecule has 3 unspecified atom stereocenters. The number of anilines is 2. The highest BCUT2D eigenvalue weighted by atomic mass is 32.1. The van der Waals surface area contributed by atoms with Crippen LogP contribution in [0.5, 0.6) is 0 Å². The third-order valence-corrected chi connectivity index (χ3v) is 10.3. The molecule has 1 N–H and O–H groups in total. The van der Waals surface area contributed by atoms with Crippen molar-refractivity contribution < 1.29 is 18.7 Å². The van der Waals surface area contributed by atoms with Crippen molar-refractivity contribution in [2.45, 2.75) is 105 Å². The van der Waals surface area contributed by atoms with Crippen LogP contribution in [0.3, 0.4) is 0 Å². The number of hydrogen-bond acceptors (Lipinski definition) is 9. The summed E-state index contributed by atoms with van der Waals surface area (Å²) in [4.78, 5) is 29.6. The maximum absolute atomic E-state index is 15.3. The number of rotatable bonds is 7. The van der Waals surface area contributed by atoms with Crippen LogP contribution in [0.15, 0.2) is 12.4 Å². The fraction of sp³-hybridized carbons (Fsp3) is 0.514. The molecule has 250 valence electrons. The molecule has 2 aliphatic heterocycles. The predicted octanol–water partition coefficient (Wildman–Crippen LogP) is 8.62. The van der Waals surface area contributed by atoms with Crippen molar-refractivity contribution in [1.82, 2.24) is 15.0 Å². The van der Waals surface area contributed by atoms with Gasteiger partial charge in [-0.25, -0.2) is 19.2 Å². The van der Waals surface area contributed by atoms with Gasteiger partial charge in [0.2, 0.25) is 5.95 Å². The molecule has 1 fully saturated rings. The largest absolute Gasteiger partial charge is 0.444 e. The summed E-state index contributed by atoms with van der Waals surface area (Å²) >= 11 is 0.989. The normalized spacial score (nSPS) is 17.4. The molecule has 0 radical (unpaired) electrons. The number of carbonyl (C=O) groups is 1. The summed E-state index contributed by atoms with van der Waals surface area (Å²) < 4.78 is 26.9. The van der Waals surface area contributed by atoms with E-state index in [1.54, 1.807) is 20.8 Å². The second kappa shape index (κ2) is 14.3. The zero-order valence-electron chi connectivity index (χ0n) is 28.3. The molecule has 3 atom stereocenters. The Balaban J connectivity index is 0.00000213. The van der Waals surface area contributed by atoms with E-state index in [-0.39, 0.29) is 15.3 Å². The van der Waals surface area contributed by atoms with Crippen molar-refractivity contribution in [3.8, 4) is 17.3 Å². The van der Waals surface area contributed by atoms with Gasteiger partial charge >= 0.3 is 6.09 Å². The molecule has 47 heavy (non-hydrogen) atoms. The number of hydrogen-bond donors (Lipinski definition) is 1. The molecule has 1 amide bonds. The van der Waals surface area contributed by atoms with E-state index in [1.165, 1.54) is 25.5 Å². The number of fused-ring (bicyclic) bond motifs is 4. The van der Waals surface area contributed by atoms with Gasteiger partial charge in [0, 0.05) is 40.4 Å². The van der Waals surface area contributed by atoms with Gasteiger partial charge in [0.15, 0.2) is 5.82 Å². The molecule has 0 aliphatic carbocycles. The Kier molecular flexibility index (Phi) is 10.6. The van der Waals surface area contributed by atoms with Crippen LogP contribution in [0.4, 0.5) is 20.1 Å². The molecule has 0 saturated carbocycles. The zero-order chi connectivity index (χ0) is 34.0. The van der Waals surface area contributed by atoms with Crippen LogP contribution in [0.1, 0.15) is 97.3 Å². The number of pyridine rings is 1. The fourth-order valence-corrected chi connectivity index (χ4v) is 8.10. The third kappa shape index (κ3) is 6.78. The van der Waals surface area contributed by atoms with Gasteiger partial charge in [-0.1, -0.05) is 47.0 Å². The lowest BCUT2D eigenvalue weighted by molar-refractivity contribution is 0.0636. The van der Waals surface area contributed by atoms with Gasteiger partial charge in [-0.15, -0.1) is 20.6 Å². The van der Waals surface area contributed by atoms with E-state index in [0.717, 1.165) is 63.6 Å². The zero-order valence-corrected chi connectivity index (χ0v) is 30.3. The Morgan fingerprint density at radius 1 is 1.23 bits per heavy atom. The van der Waals surface area contributed by atoms with E-state index >= 15 is 4.39 Å². The molecule has 2 aliphatic rings. The number of thiophene rings is 1. The topological polar surface area (TPSA) is 113 Å². The number of unbranched alkanes of at least 4 members (excludes halogenated alkanes) is 2. The SMILES string of the molecule is CC.CCCCCC1C(C)CCN1c1ncc2c3c(c(-c4ncc(F)c5sc(NC(=O)OC(C)(C)C)c(C#N)c45)c(P)c2n1)COC3. The lowest BCUT2D eigenvalue weighted by Gasteiger charge is -2.27. The minimum atomic E-state index is -0.741. The van der Waals surface area contributed by atoms with Crippen LogP contribution in [-0.4, -0.2) is 39.2 Å². The van der Waals surface area contributed by atoms with E-state index in [4.69, 9.17) is 19.4 Å². The summed E-state index contributed by atoms with van der Waals surface area (Å²) in [5, 5.41) is 15.2. The highest BCUT2D eigenvalue weighted by molar-refractivity contribution is 7.29. The van der Waals surface area contributed by atoms with Crippen LogP contribution in [0.25, 0.3) is 32.2 Å². The maximum Gasteiger partial charge on any atom is 0.412 e. The fourth-order valence-electron chi connectivity index (χ4n) is 6.53. The van der Waals surface area contributed by atoms with Crippen LogP contribution in [0.2, 0.25) is 0 Å². The summed E-state index contributed by atoms with van der Waals surface area (Å²) in [6, 6.07) is 2.57. The number of ether oxygens (including phenoxy) is 2. The lowest BCUT2D eigenvalue weighted by atomic mass is 9.94. The second-order valence-electron chi connectivity index (χ2n) is 12.9. The Bertz CT molecular complexity index is 1850. The van der Waals surface area contributed by atoms with Crippen LogP contribution in [0, 0.1) is 23.1 Å². The maximum atomic E-state index is 15.3. The average Bonchev–Trinajstić information content (AvgIpc) is 3.76. The van der Waals surface area contributed by atoms with Gasteiger partial charge in [0.25, 0.3) is 0 Å². The molecule has 4 aromatic rings. The number of nitriles is 1. The molecule has 0 spiro atoms. The van der Waals surface area contributed by atoms with E-state index in [2.05, 4.69) is 44.4 Å². The Morgan fingerprint density at radius 3 is 2.68 bits per heavy atom. The smallest absolute Gasteiger partial charge is 0.412 e. The van der Waals surface area contributed by atoms with Crippen molar-refractivity contribution in [3.63, 3.8) is 0 Å². The first-order chi connectivity index (χ1) is 22.5. The van der Waals surface area contributed by atoms with Gasteiger partial charge < -0.3 is 14.4 Å². The Labute approximate surface area is 282 Å². The molecule has 1 aromatic carbocycles. The van der Waals surface area contributed by atoms with Crippen molar-refractivity contribution in [2.75, 3.05) is 16.8 Å². The van der Waals surface area contributed by atoms with Gasteiger partial charge in [-0.3, -0.25) is 10.3 Å². The molecule has 5 heterocycles. The van der Waals surface area contributed by atoms with Crippen molar-refractivity contribution >= 4 is 63.9 Å². The van der Waals surface area contributed by atoms with Gasteiger partial charge in [-0.05, 0) is 50.7 Å². The summed E-state index contributed by atoms with van der Waals surface area (Å²) in [5.74, 6) is 0.688. The summed E-state index contributed by atoms with van der Waals surface area (Å²) in [6.45, 7) is 15.4. The number of carbonyl (C=O) groups excluding carboxylic acids is 1. The monoisotopic (exact) mass is 678 g/mol. The lowest BCUT2D eigenvalue weighted by Crippen LogP contribution is -2.33. The standard InChI is InChI=1S/C33H38FN6O3PS.C2H6/c1-6-7-8-9-23-17(2)10-11-40(23)31-37-13-19-20-15-42-16-21(20)24(28(44)26(19)38-31)27-25-18(12-35)30(39-32(41)43-33(3,4)5)45-29(25)22(34)14-36-27;1-2/h13-14,17,23H,6-11,15-16,44H2,1-5H3,(H,39,41);1-2H3. The minimum absolute atomic E-state index is 0.129. The quantitative estimate of drug-likeness (QED) is 0.153. The second-order valence-corrected chi connectivity index (χ2v) is 14.5. The highest BCUT2D eigenvalue weighted by Gasteiger charge is 2.34. The van der Waals surface area contributed by atoms with Crippen molar-refractivity contribution in [2.24, 2.45) is 5.92 Å². The van der Waals surface area contributed by atoms with Crippen LogP contribution < -0.4 is 15.5 Å². The van der Waals surface area contributed by atoms with E-state index < -0.39 is 17.5 Å². The number of halogens is 1. The number of amides is 1. The number of nitrogens with one attached hydrogen (secondary N) is 1. The van der Waals surface area contributed by atoms with Crippen molar-refractivity contribution in [3.05, 3.63) is 34.9 Å². The Morgan fingerprint density at radius 2 is 1.98 bits per heavy atom. The summed E-state index contributed by atoms with van der Waals surface area (Å²) in [5.41, 5.74) is 3.20. The summed E-state index contributed by atoms with van der Waals surface area (Å²) in [7, 11) is 2.82. The van der Waals surface area contributed by atoms with E-state index in [1.807, 2.05) is 20.0 Å². The minimum Gasteiger partial charge on any atom is -0.444 e. The molecular formula is C35H44FN6O3PS. The van der Waals surface area contributed by atoms with E-state index in [0.29, 0.717) is 42.2 Å². The van der Waals surface area contributed by atoms with Crippen LogP contribution >= 0.6 is 20.6 Å². The molecular weight excluding hydrogens is 634 g/mol. The van der Waals surface area contributed by atoms with Gasteiger partial charge in [0.05, 0.1) is 40.9 Å². The number of nitrogens with zero attached hydrogens (tertiary/aromatic N) is 5. The summed E-state index contributed by atoms with van der Waals surface area (Å²) in [6.07, 6.45) is 8.13. The molecule has 6 rings (SSSR count). The molecule has 1 saturated heterocycles. The van der Waals surface area contributed by atoms with Gasteiger partial charge in [0.1, 0.15) is 16.7 Å². The first kappa shape index (κ1) is 34.9. The van der Waals surface area contributed by atoms with E-state index in [9.17, 15) is 10.1 Å². The van der Waals surface area contributed by atoms with Crippen molar-refractivity contribution in [1.29, 1.82) is 5.26 Å². The molecule has 0 bridgehead atoms. The van der Waals surface area contributed by atoms with Gasteiger partial charge in [-0.2, -0.15) is 5.26 Å². The predicted molar refractivity (Wildman–Crippen MR) is 191 cm³/mol. The molecule has 9 nitrogen and oxygen atoms in total. The first-order valence-electron chi connectivity index (χ1n) is 16.5. The van der Waals surface area contributed by atoms with Crippen LogP contribution in [-0.2, 0) is 22.7 Å². The molecule has 12 heteroatoms. The Hall–Kier alpha value is -3.45. The first-order valence-corrected chi connectivity index (χ1v) is 17.9. The third-order valence-electron chi connectivity index (χ3n) is 8.66. The average molecular weight is 679 g/mol. The molecule has 3 aromatic heterocycles. The highest BCUT2D eigenvalue weighted by Crippen LogP contribution is 2.44.